The van der Waals surface area contributed by atoms with Crippen molar-refractivity contribution in [3.05, 3.63) is 59.2 Å². The molecule has 0 aliphatic carbocycles. The van der Waals surface area contributed by atoms with Crippen molar-refractivity contribution in [1.29, 1.82) is 0 Å². The molecule has 2 rings (SSSR count). The molecular weight excluding hydrogens is 505 g/mol. The Morgan fingerprint density at radius 2 is 1.79 bits per heavy atom. The zero-order valence-corrected chi connectivity index (χ0v) is 20.6. The molecule has 5 nitrogen and oxygen atoms in total. The summed E-state index contributed by atoms with van der Waals surface area (Å²) < 4.78 is 23.0. The van der Waals surface area contributed by atoms with Crippen LogP contribution in [0.15, 0.2) is 57.2 Å². The maximum absolute atomic E-state index is 11.5. The van der Waals surface area contributed by atoms with E-state index in [4.69, 9.17) is 0 Å². The maximum Gasteiger partial charge on any atom is 0.191 e. The van der Waals surface area contributed by atoms with E-state index in [-0.39, 0.29) is 24.0 Å². The van der Waals surface area contributed by atoms with Gasteiger partial charge in [-0.3, -0.25) is 4.99 Å². The van der Waals surface area contributed by atoms with Gasteiger partial charge in [-0.2, -0.15) is 0 Å². The molecule has 0 saturated carbocycles. The van der Waals surface area contributed by atoms with E-state index in [2.05, 4.69) is 47.0 Å². The molecule has 0 radical (unpaired) electrons. The first-order valence-corrected chi connectivity index (χ1v) is 11.8. The summed E-state index contributed by atoms with van der Waals surface area (Å²) in [7, 11) is -1.40. The first-order chi connectivity index (χ1) is 12.8. The van der Waals surface area contributed by atoms with E-state index in [0.717, 1.165) is 17.9 Å². The quantitative estimate of drug-likeness (QED) is 0.246. The Labute approximate surface area is 189 Å². The number of aryl methyl sites for hydroxylation is 1. The van der Waals surface area contributed by atoms with Gasteiger partial charge in [0.05, 0.1) is 4.90 Å². The molecular formula is C20H28IN3O2S2. The number of rotatable bonds is 7. The number of hydrogen-bond acceptors (Lipinski definition) is 4. The lowest BCUT2D eigenvalue weighted by Crippen LogP contribution is -2.37. The predicted molar refractivity (Wildman–Crippen MR) is 130 cm³/mol. The fourth-order valence-electron chi connectivity index (χ4n) is 2.63. The summed E-state index contributed by atoms with van der Waals surface area (Å²) in [5.74, 6) is 0.746. The van der Waals surface area contributed by atoms with E-state index in [1.807, 2.05) is 12.1 Å². The van der Waals surface area contributed by atoms with Crippen molar-refractivity contribution in [2.24, 2.45) is 4.99 Å². The lowest BCUT2D eigenvalue weighted by atomic mass is 10.1. The Hall–Kier alpha value is -1.26. The van der Waals surface area contributed by atoms with Crippen LogP contribution in [-0.2, 0) is 22.8 Å². The molecule has 0 spiro atoms. The number of aliphatic imine (C=N–C) groups is 1. The van der Waals surface area contributed by atoms with Crippen LogP contribution in [0.25, 0.3) is 0 Å². The van der Waals surface area contributed by atoms with Gasteiger partial charge in [0.15, 0.2) is 15.8 Å². The molecule has 2 aromatic rings. The minimum Gasteiger partial charge on any atom is -0.356 e. The minimum absolute atomic E-state index is 0. The second-order valence-electron chi connectivity index (χ2n) is 6.33. The zero-order valence-electron chi connectivity index (χ0n) is 16.7. The first kappa shape index (κ1) is 24.8. The standard InChI is InChI=1S/C20H27N3O2S2.HI/c1-15-5-8-17(19(13-15)26-3)14-23-20(21-2)22-12-11-16-6-9-18(10-7-16)27(4,24)25;/h5-10,13H,11-12,14H2,1-4H3,(H2,21,22,23);1H. The van der Waals surface area contributed by atoms with Crippen molar-refractivity contribution in [3.8, 4) is 0 Å². The highest BCUT2D eigenvalue weighted by atomic mass is 127. The molecule has 0 heterocycles. The molecule has 8 heteroatoms. The molecule has 2 N–H and O–H groups in total. The summed E-state index contributed by atoms with van der Waals surface area (Å²) in [4.78, 5) is 5.88. The van der Waals surface area contributed by atoms with Crippen molar-refractivity contribution < 1.29 is 8.42 Å². The summed E-state index contributed by atoms with van der Waals surface area (Å²) in [6.45, 7) is 3.51. The van der Waals surface area contributed by atoms with Gasteiger partial charge >= 0.3 is 0 Å². The first-order valence-electron chi connectivity index (χ1n) is 8.70. The van der Waals surface area contributed by atoms with Crippen LogP contribution in [-0.4, -0.2) is 40.5 Å². The predicted octanol–water partition coefficient (Wildman–Crippen LogP) is 3.65. The number of guanidine groups is 1. The third kappa shape index (κ3) is 7.63. The highest BCUT2D eigenvalue weighted by Crippen LogP contribution is 2.21. The van der Waals surface area contributed by atoms with E-state index in [1.165, 1.54) is 22.3 Å². The smallest absolute Gasteiger partial charge is 0.191 e. The molecule has 0 atom stereocenters. The van der Waals surface area contributed by atoms with Gasteiger partial charge in [-0.15, -0.1) is 35.7 Å². The maximum atomic E-state index is 11.5. The van der Waals surface area contributed by atoms with Gasteiger partial charge in [0.2, 0.25) is 0 Å². The van der Waals surface area contributed by atoms with Gasteiger partial charge in [-0.05, 0) is 54.5 Å². The Balaban J connectivity index is 0.00000392. The summed E-state index contributed by atoms with van der Waals surface area (Å²) >= 11 is 1.74. The molecule has 0 fully saturated rings. The molecule has 28 heavy (non-hydrogen) atoms. The highest BCUT2D eigenvalue weighted by Gasteiger charge is 2.07. The van der Waals surface area contributed by atoms with Gasteiger partial charge in [0.25, 0.3) is 0 Å². The summed E-state index contributed by atoms with van der Waals surface area (Å²) in [6, 6.07) is 13.5. The van der Waals surface area contributed by atoms with Crippen molar-refractivity contribution in [2.75, 3.05) is 26.1 Å². The monoisotopic (exact) mass is 533 g/mol. The Bertz CT molecular complexity index is 898. The van der Waals surface area contributed by atoms with Crippen LogP contribution in [0.4, 0.5) is 0 Å². The second kappa shape index (κ2) is 11.7. The molecule has 0 bridgehead atoms. The van der Waals surface area contributed by atoms with Crippen LogP contribution in [0.1, 0.15) is 16.7 Å². The summed E-state index contributed by atoms with van der Waals surface area (Å²) in [5.41, 5.74) is 3.58. The van der Waals surface area contributed by atoms with E-state index in [0.29, 0.717) is 18.0 Å². The van der Waals surface area contributed by atoms with E-state index in [9.17, 15) is 8.42 Å². The molecule has 0 unspecified atom stereocenters. The molecule has 0 aliphatic heterocycles. The number of thioether (sulfide) groups is 1. The molecule has 0 saturated heterocycles. The number of hydrogen-bond donors (Lipinski definition) is 2. The third-order valence-electron chi connectivity index (χ3n) is 4.17. The zero-order chi connectivity index (χ0) is 19.9. The van der Waals surface area contributed by atoms with E-state index < -0.39 is 9.84 Å². The second-order valence-corrected chi connectivity index (χ2v) is 9.20. The fourth-order valence-corrected chi connectivity index (χ4v) is 3.96. The summed E-state index contributed by atoms with van der Waals surface area (Å²) in [6.07, 6.45) is 4.08. The minimum atomic E-state index is -3.15. The van der Waals surface area contributed by atoms with Crippen LogP contribution in [0.5, 0.6) is 0 Å². The third-order valence-corrected chi connectivity index (χ3v) is 6.12. The van der Waals surface area contributed by atoms with Crippen LogP contribution in [0.2, 0.25) is 0 Å². The topological polar surface area (TPSA) is 70.6 Å². The lowest BCUT2D eigenvalue weighted by Gasteiger charge is -2.14. The highest BCUT2D eigenvalue weighted by molar-refractivity contribution is 14.0. The Morgan fingerprint density at radius 1 is 1.11 bits per heavy atom. The average Bonchev–Trinajstić information content (AvgIpc) is 2.64. The molecule has 154 valence electrons. The average molecular weight is 534 g/mol. The fraction of sp³-hybridized carbons (Fsp3) is 0.350. The van der Waals surface area contributed by atoms with Crippen molar-refractivity contribution in [2.45, 2.75) is 29.7 Å². The Morgan fingerprint density at radius 3 is 2.36 bits per heavy atom. The number of nitrogens with one attached hydrogen (secondary N) is 2. The van der Waals surface area contributed by atoms with E-state index in [1.54, 1.807) is 30.9 Å². The SMILES string of the molecule is CN=C(NCCc1ccc(S(C)(=O)=O)cc1)NCc1ccc(C)cc1SC.I. The van der Waals surface area contributed by atoms with Gasteiger partial charge in [0, 0.05) is 31.3 Å². The van der Waals surface area contributed by atoms with Gasteiger partial charge in [-0.25, -0.2) is 8.42 Å². The van der Waals surface area contributed by atoms with Crippen molar-refractivity contribution in [1.82, 2.24) is 10.6 Å². The van der Waals surface area contributed by atoms with Crippen molar-refractivity contribution in [3.63, 3.8) is 0 Å². The summed E-state index contributed by atoms with van der Waals surface area (Å²) in [5, 5.41) is 6.64. The van der Waals surface area contributed by atoms with Crippen LogP contribution in [0.3, 0.4) is 0 Å². The van der Waals surface area contributed by atoms with Gasteiger partial charge in [0.1, 0.15) is 0 Å². The lowest BCUT2D eigenvalue weighted by molar-refractivity contribution is 0.602. The van der Waals surface area contributed by atoms with Crippen LogP contribution < -0.4 is 10.6 Å². The van der Waals surface area contributed by atoms with Gasteiger partial charge in [-0.1, -0.05) is 24.3 Å². The number of halogens is 1. The molecule has 0 aromatic heterocycles. The number of nitrogens with zero attached hydrogens (tertiary/aromatic N) is 1. The van der Waals surface area contributed by atoms with Crippen molar-refractivity contribution >= 4 is 51.5 Å². The van der Waals surface area contributed by atoms with Gasteiger partial charge < -0.3 is 10.6 Å². The molecule has 0 amide bonds. The Kier molecular flexibility index (Phi) is 10.3. The number of benzene rings is 2. The van der Waals surface area contributed by atoms with Crippen LogP contribution >= 0.6 is 35.7 Å². The molecule has 0 aliphatic rings. The largest absolute Gasteiger partial charge is 0.356 e. The van der Waals surface area contributed by atoms with E-state index >= 15 is 0 Å². The molecule has 2 aromatic carbocycles. The van der Waals surface area contributed by atoms with Crippen LogP contribution in [0, 0.1) is 6.92 Å². The normalized spacial score (nSPS) is 11.6. The number of sulfone groups is 1.